The monoisotopic (exact) mass is 252 g/mol. The van der Waals surface area contributed by atoms with E-state index in [1.165, 1.54) is 0 Å². The molecule has 0 aliphatic carbocycles. The maximum absolute atomic E-state index is 12.2. The van der Waals surface area contributed by atoms with Gasteiger partial charge >= 0.3 is 0 Å². The molecule has 0 atom stereocenters. The summed E-state index contributed by atoms with van der Waals surface area (Å²) in [6, 6.07) is 9.82. The molecule has 0 saturated heterocycles. The van der Waals surface area contributed by atoms with Crippen LogP contribution in [0.1, 0.15) is 26.3 Å². The number of nitrogens with zero attached hydrogens (tertiary/aromatic N) is 1. The summed E-state index contributed by atoms with van der Waals surface area (Å²) in [7, 11) is 0. The first kappa shape index (κ1) is 13.1. The van der Waals surface area contributed by atoms with Crippen LogP contribution >= 0.6 is 0 Å². The predicted octanol–water partition coefficient (Wildman–Crippen LogP) is 3.69. The molecule has 0 fully saturated rings. The molecule has 0 aliphatic heterocycles. The maximum atomic E-state index is 12.2. The Hall–Kier alpha value is -2.34. The third-order valence-electron chi connectivity index (χ3n) is 2.97. The normalized spacial score (nSPS) is 12.4. The van der Waals surface area contributed by atoms with E-state index < -0.39 is 5.41 Å². The Labute approximate surface area is 112 Å². The molecular formula is C16H16N2O. The smallest absolute Gasteiger partial charge is 0.178 e. The number of H-pyrrole nitrogens is 1. The molecule has 96 valence electrons. The van der Waals surface area contributed by atoms with Crippen molar-refractivity contribution in [3.05, 3.63) is 41.6 Å². The summed E-state index contributed by atoms with van der Waals surface area (Å²) in [5.41, 5.74) is 1.50. The van der Waals surface area contributed by atoms with Crippen LogP contribution in [0.2, 0.25) is 0 Å². The fourth-order valence-corrected chi connectivity index (χ4v) is 1.92. The lowest BCUT2D eigenvalue weighted by Crippen LogP contribution is -2.21. The van der Waals surface area contributed by atoms with Gasteiger partial charge in [-0.2, -0.15) is 5.26 Å². The molecule has 19 heavy (non-hydrogen) atoms. The molecule has 0 spiro atoms. The molecule has 0 saturated carbocycles. The molecule has 0 amide bonds. The molecule has 1 aromatic heterocycles. The Bertz CT molecular complexity index is 693. The van der Waals surface area contributed by atoms with E-state index in [9.17, 15) is 10.1 Å². The summed E-state index contributed by atoms with van der Waals surface area (Å²) < 4.78 is 0. The van der Waals surface area contributed by atoms with Crippen molar-refractivity contribution < 1.29 is 4.79 Å². The highest BCUT2D eigenvalue weighted by atomic mass is 16.1. The summed E-state index contributed by atoms with van der Waals surface area (Å²) in [5, 5.41) is 10.2. The molecule has 0 aliphatic rings. The first-order valence-corrected chi connectivity index (χ1v) is 6.16. The minimum absolute atomic E-state index is 0.139. The second-order valence-electron chi connectivity index (χ2n) is 5.54. The summed E-state index contributed by atoms with van der Waals surface area (Å²) in [4.78, 5) is 15.3. The van der Waals surface area contributed by atoms with Crippen molar-refractivity contribution in [3.8, 4) is 6.07 Å². The third-order valence-corrected chi connectivity index (χ3v) is 2.97. The van der Waals surface area contributed by atoms with Crippen molar-refractivity contribution in [1.82, 2.24) is 4.98 Å². The third kappa shape index (κ3) is 2.58. The van der Waals surface area contributed by atoms with Crippen LogP contribution in [0.5, 0.6) is 0 Å². The highest BCUT2D eigenvalue weighted by molar-refractivity contribution is 6.07. The number of rotatable bonds is 2. The number of aromatic nitrogens is 1. The van der Waals surface area contributed by atoms with Crippen molar-refractivity contribution in [1.29, 1.82) is 5.26 Å². The van der Waals surface area contributed by atoms with Crippen LogP contribution in [0.25, 0.3) is 17.0 Å². The van der Waals surface area contributed by atoms with E-state index >= 15 is 0 Å². The van der Waals surface area contributed by atoms with Gasteiger partial charge in [-0.05, 0) is 12.1 Å². The quantitative estimate of drug-likeness (QED) is 0.654. The number of Topliss-reactive ketones (excluding diaryl/α,β-unsaturated/α-hetero) is 1. The Morgan fingerprint density at radius 1 is 1.32 bits per heavy atom. The van der Waals surface area contributed by atoms with E-state index in [4.69, 9.17) is 0 Å². The minimum Gasteiger partial charge on any atom is -0.361 e. The van der Waals surface area contributed by atoms with Gasteiger partial charge in [0.1, 0.15) is 6.07 Å². The van der Waals surface area contributed by atoms with Gasteiger partial charge in [0, 0.05) is 28.1 Å². The van der Waals surface area contributed by atoms with Crippen LogP contribution in [-0.2, 0) is 4.79 Å². The van der Waals surface area contributed by atoms with Crippen molar-refractivity contribution in [3.63, 3.8) is 0 Å². The number of hydrogen-bond acceptors (Lipinski definition) is 2. The Morgan fingerprint density at radius 2 is 2.00 bits per heavy atom. The molecule has 0 radical (unpaired) electrons. The number of nitrogens with one attached hydrogen (secondary N) is 1. The van der Waals surface area contributed by atoms with Gasteiger partial charge in [-0.1, -0.05) is 39.0 Å². The zero-order valence-electron chi connectivity index (χ0n) is 11.3. The average molecular weight is 252 g/mol. The Balaban J connectivity index is 2.50. The molecule has 1 heterocycles. The number of aromatic amines is 1. The van der Waals surface area contributed by atoms with Crippen molar-refractivity contribution in [2.24, 2.45) is 5.41 Å². The summed E-state index contributed by atoms with van der Waals surface area (Å²) in [6.07, 6.45) is 3.48. The molecule has 2 rings (SSSR count). The van der Waals surface area contributed by atoms with Crippen LogP contribution in [0.3, 0.4) is 0 Å². The summed E-state index contributed by atoms with van der Waals surface area (Å²) >= 11 is 0. The molecule has 3 nitrogen and oxygen atoms in total. The number of allylic oxidation sites excluding steroid dienone is 1. The lowest BCUT2D eigenvalue weighted by atomic mass is 9.86. The van der Waals surface area contributed by atoms with E-state index in [1.807, 2.05) is 57.3 Å². The van der Waals surface area contributed by atoms with Gasteiger partial charge < -0.3 is 4.98 Å². The zero-order valence-corrected chi connectivity index (χ0v) is 11.3. The maximum Gasteiger partial charge on any atom is 0.178 e. The Morgan fingerprint density at radius 3 is 2.63 bits per heavy atom. The second-order valence-corrected chi connectivity index (χ2v) is 5.54. The van der Waals surface area contributed by atoms with Gasteiger partial charge in [-0.3, -0.25) is 4.79 Å². The van der Waals surface area contributed by atoms with Gasteiger partial charge in [0.15, 0.2) is 5.78 Å². The lowest BCUT2D eigenvalue weighted by Gasteiger charge is -2.15. The van der Waals surface area contributed by atoms with Crippen LogP contribution in [0, 0.1) is 16.7 Å². The van der Waals surface area contributed by atoms with E-state index in [0.29, 0.717) is 0 Å². The highest BCUT2D eigenvalue weighted by Gasteiger charge is 2.25. The molecule has 1 N–H and O–H groups in total. The molecule has 3 heteroatoms. The van der Waals surface area contributed by atoms with Gasteiger partial charge in [-0.25, -0.2) is 0 Å². The first-order chi connectivity index (χ1) is 8.93. The fourth-order valence-electron chi connectivity index (χ4n) is 1.92. The van der Waals surface area contributed by atoms with Crippen LogP contribution in [0.4, 0.5) is 0 Å². The summed E-state index contributed by atoms with van der Waals surface area (Å²) in [5.74, 6) is -0.139. The van der Waals surface area contributed by atoms with E-state index in [0.717, 1.165) is 16.5 Å². The van der Waals surface area contributed by atoms with Crippen molar-refractivity contribution in [2.45, 2.75) is 20.8 Å². The first-order valence-electron chi connectivity index (χ1n) is 6.16. The van der Waals surface area contributed by atoms with Gasteiger partial charge in [0.25, 0.3) is 0 Å². The lowest BCUT2D eigenvalue weighted by molar-refractivity contribution is -0.121. The number of hydrogen-bond donors (Lipinski definition) is 1. The van der Waals surface area contributed by atoms with E-state index in [-0.39, 0.29) is 11.4 Å². The van der Waals surface area contributed by atoms with E-state index in [1.54, 1.807) is 6.08 Å². The van der Waals surface area contributed by atoms with E-state index in [2.05, 4.69) is 4.98 Å². The molecule has 0 bridgehead atoms. The number of ketones is 1. The van der Waals surface area contributed by atoms with Crippen LogP contribution in [-0.4, -0.2) is 10.8 Å². The molecule has 1 aromatic carbocycles. The standard InChI is InChI=1S/C16H16N2O/c1-16(2,3)15(19)11(9-17)8-12-10-18-14-7-5-4-6-13(12)14/h4-8,10,18H,1-3H3/b11-8+. The fraction of sp³-hybridized carbons (Fsp3) is 0.250. The second kappa shape index (κ2) is 4.74. The van der Waals surface area contributed by atoms with Gasteiger partial charge in [0.2, 0.25) is 0 Å². The number of para-hydroxylation sites is 1. The topological polar surface area (TPSA) is 56.6 Å². The van der Waals surface area contributed by atoms with Gasteiger partial charge in [-0.15, -0.1) is 0 Å². The highest BCUT2D eigenvalue weighted by Crippen LogP contribution is 2.24. The molecule has 0 unspecified atom stereocenters. The van der Waals surface area contributed by atoms with Crippen molar-refractivity contribution in [2.75, 3.05) is 0 Å². The number of carbonyl (C=O) groups is 1. The predicted molar refractivity (Wildman–Crippen MR) is 76.4 cm³/mol. The SMILES string of the molecule is CC(C)(C)C(=O)/C(C#N)=C/c1c[nH]c2ccccc12. The number of nitriles is 1. The van der Waals surface area contributed by atoms with Crippen LogP contribution in [0.15, 0.2) is 36.0 Å². The summed E-state index contributed by atoms with van der Waals surface area (Å²) in [6.45, 7) is 5.45. The molecule has 2 aromatic rings. The average Bonchev–Trinajstić information content (AvgIpc) is 2.77. The molecular weight excluding hydrogens is 236 g/mol. The van der Waals surface area contributed by atoms with Crippen molar-refractivity contribution >= 4 is 22.8 Å². The number of carbonyl (C=O) groups excluding carboxylic acids is 1. The minimum atomic E-state index is -0.548. The number of fused-ring (bicyclic) bond motifs is 1. The zero-order chi connectivity index (χ0) is 14.0. The van der Waals surface area contributed by atoms with Crippen LogP contribution < -0.4 is 0 Å². The Kier molecular flexibility index (Phi) is 3.26. The largest absolute Gasteiger partial charge is 0.361 e. The van der Waals surface area contributed by atoms with Gasteiger partial charge in [0.05, 0.1) is 5.57 Å². The number of benzene rings is 1.